The van der Waals surface area contributed by atoms with Crippen molar-refractivity contribution in [2.75, 3.05) is 24.9 Å². The summed E-state index contributed by atoms with van der Waals surface area (Å²) in [7, 11) is 3.09. The van der Waals surface area contributed by atoms with Crippen LogP contribution in [0.25, 0.3) is 0 Å². The lowest BCUT2D eigenvalue weighted by molar-refractivity contribution is 0.102. The molecule has 0 radical (unpaired) electrons. The number of carbonyl (C=O) groups is 1. The third-order valence-corrected chi connectivity index (χ3v) is 4.46. The minimum Gasteiger partial charge on any atom is -0.497 e. The Morgan fingerprint density at radius 3 is 2.73 bits per heavy atom. The van der Waals surface area contributed by atoms with E-state index >= 15 is 0 Å². The predicted molar refractivity (Wildman–Crippen MR) is 104 cm³/mol. The van der Waals surface area contributed by atoms with Crippen molar-refractivity contribution in [2.45, 2.75) is 0 Å². The molecule has 26 heavy (non-hydrogen) atoms. The van der Waals surface area contributed by atoms with E-state index in [1.165, 1.54) is 18.4 Å². The molecule has 2 aromatic carbocycles. The molecule has 3 aromatic rings. The van der Waals surface area contributed by atoms with E-state index in [1.807, 2.05) is 12.1 Å². The van der Waals surface area contributed by atoms with E-state index in [-0.39, 0.29) is 5.91 Å². The van der Waals surface area contributed by atoms with Gasteiger partial charge in [0.25, 0.3) is 5.91 Å². The molecule has 1 amide bonds. The Bertz CT molecular complexity index is 930. The van der Waals surface area contributed by atoms with Crippen molar-refractivity contribution in [1.82, 2.24) is 4.98 Å². The molecule has 0 unspecified atom stereocenters. The van der Waals surface area contributed by atoms with Gasteiger partial charge in [-0.05, 0) is 30.3 Å². The Morgan fingerprint density at radius 1 is 1.15 bits per heavy atom. The summed E-state index contributed by atoms with van der Waals surface area (Å²) in [6.07, 6.45) is 0. The molecule has 134 valence electrons. The molecule has 0 bridgehead atoms. The molecule has 0 aliphatic rings. The maximum absolute atomic E-state index is 12.5. The molecule has 0 saturated heterocycles. The highest BCUT2D eigenvalue weighted by Gasteiger charge is 2.14. The molecule has 0 spiro atoms. The highest BCUT2D eigenvalue weighted by molar-refractivity contribution is 7.14. The molecule has 0 fully saturated rings. The standard InChI is InChI=1S/C18H16ClN3O3S/c1-24-13-6-7-16(25-2)14(9-13)21-17(23)15-10-26-18(22-15)20-12-5-3-4-11(19)8-12/h3-10H,1-2H3,(H,20,22)(H,21,23). The van der Waals surface area contributed by atoms with Crippen molar-refractivity contribution in [3.8, 4) is 11.5 Å². The van der Waals surface area contributed by atoms with Crippen LogP contribution in [-0.4, -0.2) is 25.1 Å². The number of halogens is 1. The van der Waals surface area contributed by atoms with Gasteiger partial charge < -0.3 is 20.1 Å². The normalized spacial score (nSPS) is 10.3. The molecule has 3 rings (SSSR count). The smallest absolute Gasteiger partial charge is 0.275 e. The Kier molecular flexibility index (Phi) is 5.60. The zero-order valence-corrected chi connectivity index (χ0v) is 15.6. The number of aromatic nitrogens is 1. The van der Waals surface area contributed by atoms with Gasteiger partial charge in [0.2, 0.25) is 0 Å². The number of nitrogens with one attached hydrogen (secondary N) is 2. The van der Waals surface area contributed by atoms with E-state index in [0.29, 0.717) is 33.0 Å². The number of rotatable bonds is 6. The molecule has 6 nitrogen and oxygen atoms in total. The summed E-state index contributed by atoms with van der Waals surface area (Å²) in [6, 6.07) is 12.4. The van der Waals surface area contributed by atoms with E-state index in [9.17, 15) is 4.79 Å². The Labute approximate surface area is 159 Å². The first-order valence-corrected chi connectivity index (χ1v) is 8.86. The average molecular weight is 390 g/mol. The van der Waals surface area contributed by atoms with Gasteiger partial charge in [0.1, 0.15) is 17.2 Å². The maximum atomic E-state index is 12.5. The summed E-state index contributed by atoms with van der Waals surface area (Å²) in [4.78, 5) is 16.8. The van der Waals surface area contributed by atoms with Crippen molar-refractivity contribution >= 4 is 45.4 Å². The number of carbonyl (C=O) groups excluding carboxylic acids is 1. The van der Waals surface area contributed by atoms with Gasteiger partial charge in [-0.2, -0.15) is 0 Å². The van der Waals surface area contributed by atoms with Gasteiger partial charge in [0, 0.05) is 22.2 Å². The summed E-state index contributed by atoms with van der Waals surface area (Å²) < 4.78 is 10.4. The van der Waals surface area contributed by atoms with Crippen LogP contribution in [-0.2, 0) is 0 Å². The van der Waals surface area contributed by atoms with Crippen molar-refractivity contribution in [3.05, 3.63) is 58.6 Å². The van der Waals surface area contributed by atoms with Crippen molar-refractivity contribution in [1.29, 1.82) is 0 Å². The lowest BCUT2D eigenvalue weighted by Crippen LogP contribution is -2.13. The molecule has 8 heteroatoms. The second kappa shape index (κ2) is 8.07. The first-order chi connectivity index (χ1) is 12.6. The first-order valence-electron chi connectivity index (χ1n) is 7.60. The topological polar surface area (TPSA) is 72.5 Å². The fraction of sp³-hybridized carbons (Fsp3) is 0.111. The fourth-order valence-electron chi connectivity index (χ4n) is 2.22. The highest BCUT2D eigenvalue weighted by Crippen LogP contribution is 2.30. The Morgan fingerprint density at radius 2 is 2.00 bits per heavy atom. The van der Waals surface area contributed by atoms with Crippen molar-refractivity contribution < 1.29 is 14.3 Å². The first kappa shape index (κ1) is 18.0. The highest BCUT2D eigenvalue weighted by atomic mass is 35.5. The largest absolute Gasteiger partial charge is 0.497 e. The van der Waals surface area contributed by atoms with Crippen LogP contribution in [0, 0.1) is 0 Å². The van der Waals surface area contributed by atoms with Crippen LogP contribution in [0.3, 0.4) is 0 Å². The fourth-order valence-corrected chi connectivity index (χ4v) is 3.12. The minimum absolute atomic E-state index is 0.296. The number of nitrogens with zero attached hydrogens (tertiary/aromatic N) is 1. The van der Waals surface area contributed by atoms with E-state index in [0.717, 1.165) is 5.69 Å². The van der Waals surface area contributed by atoms with Crippen LogP contribution < -0.4 is 20.1 Å². The van der Waals surface area contributed by atoms with Crippen molar-refractivity contribution in [2.24, 2.45) is 0 Å². The van der Waals surface area contributed by atoms with E-state index < -0.39 is 0 Å². The molecule has 2 N–H and O–H groups in total. The predicted octanol–water partition coefficient (Wildman–Crippen LogP) is 4.81. The zero-order chi connectivity index (χ0) is 18.5. The summed E-state index contributed by atoms with van der Waals surface area (Å²) >= 11 is 7.29. The van der Waals surface area contributed by atoms with E-state index in [1.54, 1.807) is 42.8 Å². The number of hydrogen-bond acceptors (Lipinski definition) is 6. The number of hydrogen-bond donors (Lipinski definition) is 2. The molecule has 0 aliphatic carbocycles. The number of anilines is 3. The summed E-state index contributed by atoms with van der Waals surface area (Å²) in [5.74, 6) is 0.807. The van der Waals surface area contributed by atoms with Gasteiger partial charge in [-0.15, -0.1) is 11.3 Å². The number of amides is 1. The third kappa shape index (κ3) is 4.25. The monoisotopic (exact) mass is 389 g/mol. The maximum Gasteiger partial charge on any atom is 0.275 e. The van der Waals surface area contributed by atoms with Gasteiger partial charge in [-0.3, -0.25) is 4.79 Å². The lowest BCUT2D eigenvalue weighted by Gasteiger charge is -2.10. The van der Waals surface area contributed by atoms with Crippen LogP contribution in [0.1, 0.15) is 10.5 Å². The van der Waals surface area contributed by atoms with Crippen LogP contribution in [0.4, 0.5) is 16.5 Å². The van der Waals surface area contributed by atoms with E-state index in [2.05, 4.69) is 15.6 Å². The van der Waals surface area contributed by atoms with Gasteiger partial charge in [0.15, 0.2) is 5.13 Å². The Hall–Kier alpha value is -2.77. The number of thiazole rings is 1. The van der Waals surface area contributed by atoms with E-state index in [4.69, 9.17) is 21.1 Å². The van der Waals surface area contributed by atoms with Gasteiger partial charge in [-0.25, -0.2) is 4.98 Å². The molecular weight excluding hydrogens is 374 g/mol. The molecule has 1 heterocycles. The van der Waals surface area contributed by atoms with Crippen LogP contribution in [0.15, 0.2) is 47.8 Å². The number of benzene rings is 2. The number of ether oxygens (including phenoxy) is 2. The molecule has 0 aliphatic heterocycles. The van der Waals surface area contributed by atoms with Crippen molar-refractivity contribution in [3.63, 3.8) is 0 Å². The second-order valence-corrected chi connectivity index (χ2v) is 6.49. The zero-order valence-electron chi connectivity index (χ0n) is 14.1. The van der Waals surface area contributed by atoms with Crippen LogP contribution in [0.5, 0.6) is 11.5 Å². The van der Waals surface area contributed by atoms with Crippen LogP contribution >= 0.6 is 22.9 Å². The average Bonchev–Trinajstić information content (AvgIpc) is 3.10. The minimum atomic E-state index is -0.341. The summed E-state index contributed by atoms with van der Waals surface area (Å²) in [6.45, 7) is 0. The Balaban J connectivity index is 1.74. The SMILES string of the molecule is COc1ccc(OC)c(NC(=O)c2csc(Nc3cccc(Cl)c3)n2)c1. The molecule has 0 atom stereocenters. The van der Waals surface area contributed by atoms with Crippen LogP contribution in [0.2, 0.25) is 5.02 Å². The summed E-state index contributed by atoms with van der Waals surface area (Å²) in [5, 5.41) is 8.80. The van der Waals surface area contributed by atoms with Gasteiger partial charge >= 0.3 is 0 Å². The quantitative estimate of drug-likeness (QED) is 0.633. The van der Waals surface area contributed by atoms with Gasteiger partial charge in [0.05, 0.1) is 19.9 Å². The summed E-state index contributed by atoms with van der Waals surface area (Å²) in [5.41, 5.74) is 1.60. The second-order valence-electron chi connectivity index (χ2n) is 5.19. The third-order valence-electron chi connectivity index (χ3n) is 3.47. The lowest BCUT2D eigenvalue weighted by atomic mass is 10.2. The molecular formula is C18H16ClN3O3S. The molecule has 1 aromatic heterocycles. The van der Waals surface area contributed by atoms with Gasteiger partial charge in [-0.1, -0.05) is 17.7 Å². The number of methoxy groups -OCH3 is 2. The molecule has 0 saturated carbocycles.